The number of para-hydroxylation sites is 2. The van der Waals surface area contributed by atoms with Gasteiger partial charge in [0, 0.05) is 0 Å². The molecule has 0 aliphatic heterocycles. The minimum absolute atomic E-state index is 0.287. The zero-order valence-corrected chi connectivity index (χ0v) is 15.9. The van der Waals surface area contributed by atoms with Crippen molar-refractivity contribution in [2.24, 2.45) is 0 Å². The Bertz CT molecular complexity index is 1130. The second-order valence-electron chi connectivity index (χ2n) is 6.51. The number of nitrogens with zero attached hydrogens (tertiary/aromatic N) is 5. The van der Waals surface area contributed by atoms with Gasteiger partial charge >= 0.3 is 0 Å². The number of hydrogen-bond acceptors (Lipinski definition) is 4. The number of benzene rings is 2. The van der Waals surface area contributed by atoms with E-state index in [1.165, 1.54) is 4.80 Å². The zero-order valence-electron chi connectivity index (χ0n) is 15.9. The molecule has 4 aromatic rings. The molecule has 2 aromatic carbocycles. The number of anilines is 1. The quantitative estimate of drug-likeness (QED) is 0.593. The first-order valence-corrected chi connectivity index (χ1v) is 8.97. The number of nitrogens with one attached hydrogen (secondary N) is 1. The molecular formula is C21H20N6O. The Morgan fingerprint density at radius 2 is 1.39 bits per heavy atom. The number of aryl methyl sites for hydroxylation is 2. The molecule has 0 saturated carbocycles. The highest BCUT2D eigenvalue weighted by molar-refractivity contribution is 6.04. The molecule has 0 bridgehead atoms. The lowest BCUT2D eigenvalue weighted by Crippen LogP contribution is -2.15. The van der Waals surface area contributed by atoms with Crippen LogP contribution in [0, 0.1) is 20.8 Å². The molecule has 7 heteroatoms. The molecule has 140 valence electrons. The monoisotopic (exact) mass is 372 g/mol. The van der Waals surface area contributed by atoms with Gasteiger partial charge < -0.3 is 5.32 Å². The summed E-state index contributed by atoms with van der Waals surface area (Å²) in [6.45, 7) is 5.57. The van der Waals surface area contributed by atoms with Gasteiger partial charge in [0.05, 0.1) is 34.1 Å². The molecule has 2 aromatic heterocycles. The van der Waals surface area contributed by atoms with Crippen LogP contribution >= 0.6 is 0 Å². The van der Waals surface area contributed by atoms with Gasteiger partial charge in [-0.15, -0.1) is 5.10 Å². The lowest BCUT2D eigenvalue weighted by molar-refractivity contribution is 0.102. The molecule has 7 nitrogen and oxygen atoms in total. The maximum atomic E-state index is 12.9. The van der Waals surface area contributed by atoms with E-state index in [1.54, 1.807) is 6.92 Å². The van der Waals surface area contributed by atoms with Gasteiger partial charge in [0.2, 0.25) is 0 Å². The Morgan fingerprint density at radius 3 is 2.04 bits per heavy atom. The molecule has 0 atom stereocenters. The van der Waals surface area contributed by atoms with Crippen molar-refractivity contribution in [1.29, 1.82) is 0 Å². The second kappa shape index (κ2) is 7.11. The van der Waals surface area contributed by atoms with E-state index >= 15 is 0 Å². The van der Waals surface area contributed by atoms with E-state index in [0.717, 1.165) is 22.8 Å². The van der Waals surface area contributed by atoms with Crippen molar-refractivity contribution in [3.63, 3.8) is 0 Å². The zero-order chi connectivity index (χ0) is 19.7. The van der Waals surface area contributed by atoms with Gasteiger partial charge in [-0.1, -0.05) is 36.4 Å². The molecule has 0 aliphatic rings. The van der Waals surface area contributed by atoms with E-state index in [1.807, 2.05) is 79.2 Å². The number of carbonyl (C=O) groups is 1. The average molecular weight is 372 g/mol. The summed E-state index contributed by atoms with van der Waals surface area (Å²) in [4.78, 5) is 14.3. The highest BCUT2D eigenvalue weighted by Crippen LogP contribution is 2.23. The Kier molecular flexibility index (Phi) is 4.49. The molecule has 0 unspecified atom stereocenters. The number of rotatable bonds is 4. The van der Waals surface area contributed by atoms with Crippen molar-refractivity contribution in [3.8, 4) is 11.4 Å². The third-order valence-corrected chi connectivity index (χ3v) is 4.51. The number of hydrogen-bond donors (Lipinski definition) is 1. The van der Waals surface area contributed by atoms with E-state index in [9.17, 15) is 4.79 Å². The van der Waals surface area contributed by atoms with Crippen LogP contribution < -0.4 is 5.32 Å². The van der Waals surface area contributed by atoms with E-state index in [0.29, 0.717) is 11.4 Å². The van der Waals surface area contributed by atoms with Crippen molar-refractivity contribution < 1.29 is 4.79 Å². The highest BCUT2D eigenvalue weighted by atomic mass is 16.2. The predicted molar refractivity (Wildman–Crippen MR) is 107 cm³/mol. The van der Waals surface area contributed by atoms with Crippen molar-refractivity contribution in [2.45, 2.75) is 20.8 Å². The second-order valence-corrected chi connectivity index (χ2v) is 6.51. The molecule has 4 rings (SSSR count). The molecule has 0 radical (unpaired) electrons. The van der Waals surface area contributed by atoms with Gasteiger partial charge in [0.1, 0.15) is 0 Å². The first kappa shape index (κ1) is 17.7. The summed E-state index contributed by atoms with van der Waals surface area (Å²) >= 11 is 0. The van der Waals surface area contributed by atoms with Crippen molar-refractivity contribution in [1.82, 2.24) is 24.8 Å². The molecule has 0 aliphatic carbocycles. The van der Waals surface area contributed by atoms with Crippen molar-refractivity contribution in [3.05, 3.63) is 83.4 Å². The summed E-state index contributed by atoms with van der Waals surface area (Å²) in [6.07, 6.45) is 0. The van der Waals surface area contributed by atoms with E-state index in [2.05, 4.69) is 20.6 Å². The van der Waals surface area contributed by atoms with Gasteiger partial charge in [-0.05, 0) is 45.0 Å². The Hall–Kier alpha value is -3.74. The SMILES string of the molecule is Cc1nn(-c2ccccc2)nc1C(=O)Nc1c(C)nn(-c2ccccc2)c1C. The van der Waals surface area contributed by atoms with Crippen LogP contribution in [0.4, 0.5) is 5.69 Å². The standard InChI is InChI=1S/C21H20N6O/c1-14-19(16(3)26(23-14)17-10-6-4-7-11-17)22-21(28)20-15(2)24-27(25-20)18-12-8-5-9-13-18/h4-13H,1-3H3,(H,22,28). The third-order valence-electron chi connectivity index (χ3n) is 4.51. The lowest BCUT2D eigenvalue weighted by Gasteiger charge is -2.06. The molecule has 0 saturated heterocycles. The summed E-state index contributed by atoms with van der Waals surface area (Å²) in [5.41, 5.74) is 4.86. The first-order valence-electron chi connectivity index (χ1n) is 8.97. The number of aromatic nitrogens is 5. The fourth-order valence-corrected chi connectivity index (χ4v) is 3.08. The van der Waals surface area contributed by atoms with Crippen molar-refractivity contribution >= 4 is 11.6 Å². The fraction of sp³-hybridized carbons (Fsp3) is 0.143. The number of carbonyl (C=O) groups excluding carboxylic acids is 1. The topological polar surface area (TPSA) is 77.6 Å². The summed E-state index contributed by atoms with van der Waals surface area (Å²) in [7, 11) is 0. The van der Waals surface area contributed by atoms with E-state index < -0.39 is 0 Å². The van der Waals surface area contributed by atoms with Gasteiger partial charge in [0.15, 0.2) is 5.69 Å². The Morgan fingerprint density at radius 1 is 0.786 bits per heavy atom. The van der Waals surface area contributed by atoms with Crippen LogP contribution in [0.1, 0.15) is 27.6 Å². The maximum Gasteiger partial charge on any atom is 0.278 e. The van der Waals surface area contributed by atoms with E-state index in [-0.39, 0.29) is 11.6 Å². The molecular weight excluding hydrogens is 352 g/mol. The van der Waals surface area contributed by atoms with Gasteiger partial charge in [0.25, 0.3) is 5.91 Å². The van der Waals surface area contributed by atoms with Crippen LogP contribution in [0.15, 0.2) is 60.7 Å². The van der Waals surface area contributed by atoms with Gasteiger partial charge in [-0.3, -0.25) is 4.79 Å². The molecule has 28 heavy (non-hydrogen) atoms. The maximum absolute atomic E-state index is 12.9. The van der Waals surface area contributed by atoms with Crippen LogP contribution in [0.2, 0.25) is 0 Å². The minimum Gasteiger partial charge on any atom is -0.317 e. The van der Waals surface area contributed by atoms with Crippen LogP contribution in [-0.2, 0) is 0 Å². The molecule has 1 N–H and O–H groups in total. The largest absolute Gasteiger partial charge is 0.317 e. The lowest BCUT2D eigenvalue weighted by atomic mass is 10.2. The predicted octanol–water partition coefficient (Wildman–Crippen LogP) is 3.63. The third kappa shape index (κ3) is 3.18. The summed E-state index contributed by atoms with van der Waals surface area (Å²) < 4.78 is 1.82. The summed E-state index contributed by atoms with van der Waals surface area (Å²) in [6, 6.07) is 19.3. The van der Waals surface area contributed by atoms with Crippen molar-refractivity contribution in [2.75, 3.05) is 5.32 Å². The normalized spacial score (nSPS) is 10.8. The van der Waals surface area contributed by atoms with Crippen LogP contribution in [0.5, 0.6) is 0 Å². The van der Waals surface area contributed by atoms with E-state index in [4.69, 9.17) is 0 Å². The van der Waals surface area contributed by atoms with Crippen LogP contribution in [-0.4, -0.2) is 30.7 Å². The molecule has 2 heterocycles. The molecule has 0 fully saturated rings. The highest BCUT2D eigenvalue weighted by Gasteiger charge is 2.20. The first-order chi connectivity index (χ1) is 13.5. The minimum atomic E-state index is -0.307. The fourth-order valence-electron chi connectivity index (χ4n) is 3.08. The average Bonchev–Trinajstić information content (AvgIpc) is 3.24. The Labute approximate surface area is 162 Å². The number of amides is 1. The molecule has 1 amide bonds. The van der Waals surface area contributed by atoms with Gasteiger partial charge in [-0.25, -0.2) is 4.68 Å². The van der Waals surface area contributed by atoms with Gasteiger partial charge in [-0.2, -0.15) is 15.0 Å². The smallest absolute Gasteiger partial charge is 0.278 e. The van der Waals surface area contributed by atoms with Crippen LogP contribution in [0.3, 0.4) is 0 Å². The summed E-state index contributed by atoms with van der Waals surface area (Å²) in [5, 5.41) is 16.2. The summed E-state index contributed by atoms with van der Waals surface area (Å²) in [5.74, 6) is -0.307. The Balaban J connectivity index is 1.63. The van der Waals surface area contributed by atoms with Crippen LogP contribution in [0.25, 0.3) is 11.4 Å². The molecule has 0 spiro atoms.